The van der Waals surface area contributed by atoms with Crippen LogP contribution in [0.1, 0.15) is 16.1 Å². The van der Waals surface area contributed by atoms with Crippen molar-refractivity contribution in [2.24, 2.45) is 0 Å². The third-order valence-electron chi connectivity index (χ3n) is 4.01. The Labute approximate surface area is 171 Å². The lowest BCUT2D eigenvalue weighted by Crippen LogP contribution is -2.10. The number of nitrogens with zero attached hydrogens (tertiary/aromatic N) is 2. The van der Waals surface area contributed by atoms with Gasteiger partial charge in [0.05, 0.1) is 13.2 Å². The van der Waals surface area contributed by atoms with Crippen LogP contribution < -0.4 is 4.74 Å². The smallest absolute Gasteiger partial charge is 0.169 e. The number of carbonyl (C=O) groups is 1. The van der Waals surface area contributed by atoms with Gasteiger partial charge in [0.15, 0.2) is 11.4 Å². The summed E-state index contributed by atoms with van der Waals surface area (Å²) < 4.78 is 13.6. The molecule has 3 rings (SSSR count). The fourth-order valence-corrected chi connectivity index (χ4v) is 3.28. The molecule has 0 amide bonds. The Morgan fingerprint density at radius 3 is 2.67 bits per heavy atom. The molecule has 0 radical (unpaired) electrons. The minimum absolute atomic E-state index is 0.183. The molecule has 0 unspecified atom stereocenters. The molecule has 1 aromatic heterocycles. The van der Waals surface area contributed by atoms with E-state index in [1.165, 1.54) is 0 Å². The molecule has 0 aliphatic carbocycles. The topological polar surface area (TPSA) is 53.4 Å². The number of benzene rings is 2. The fourth-order valence-electron chi connectivity index (χ4n) is 2.71. The second-order valence-corrected chi connectivity index (χ2v) is 7.05. The third-order valence-corrected chi connectivity index (χ3v) is 4.78. The Morgan fingerprint density at radius 2 is 1.96 bits per heavy atom. The number of hydrogen-bond acceptors (Lipinski definition) is 4. The molecule has 0 atom stereocenters. The number of rotatable bonds is 8. The van der Waals surface area contributed by atoms with Crippen LogP contribution in [0.5, 0.6) is 5.75 Å². The Balaban J connectivity index is 2.02. The van der Waals surface area contributed by atoms with E-state index >= 15 is 0 Å². The van der Waals surface area contributed by atoms with Gasteiger partial charge in [0.25, 0.3) is 0 Å². The van der Waals surface area contributed by atoms with E-state index in [1.54, 1.807) is 11.7 Å². The van der Waals surface area contributed by atoms with E-state index in [0.717, 1.165) is 21.9 Å². The summed E-state index contributed by atoms with van der Waals surface area (Å²) in [7, 11) is 1.63. The first-order valence-corrected chi connectivity index (χ1v) is 9.48. The standard InChI is InChI=1S/C20H18BrClN2O3/c1-26-9-10-27-18-11-16(21)8-7-15(18)12-24-17(13-25)19(22)23-20(24)14-5-3-2-4-6-14/h2-8,11,13H,9-10,12H2,1H3. The second-order valence-electron chi connectivity index (χ2n) is 5.77. The van der Waals surface area contributed by atoms with Crippen LogP contribution >= 0.6 is 27.5 Å². The molecule has 0 aliphatic heterocycles. The predicted molar refractivity (Wildman–Crippen MR) is 109 cm³/mol. The number of hydrogen-bond donors (Lipinski definition) is 0. The molecule has 0 saturated heterocycles. The van der Waals surface area contributed by atoms with Gasteiger partial charge in [-0.25, -0.2) is 4.98 Å². The molecule has 5 nitrogen and oxygen atoms in total. The number of carbonyl (C=O) groups excluding carboxylic acids is 1. The lowest BCUT2D eigenvalue weighted by atomic mass is 10.1. The summed E-state index contributed by atoms with van der Waals surface area (Å²) in [5, 5.41) is 0.183. The summed E-state index contributed by atoms with van der Waals surface area (Å²) in [6, 6.07) is 15.4. The molecule has 3 aromatic rings. The van der Waals surface area contributed by atoms with Crippen LogP contribution in [0, 0.1) is 0 Å². The molecular weight excluding hydrogens is 432 g/mol. The van der Waals surface area contributed by atoms with Crippen molar-refractivity contribution < 1.29 is 14.3 Å². The van der Waals surface area contributed by atoms with Gasteiger partial charge in [-0.1, -0.05) is 63.9 Å². The quantitative estimate of drug-likeness (QED) is 0.364. The monoisotopic (exact) mass is 448 g/mol. The molecule has 0 aliphatic rings. The van der Waals surface area contributed by atoms with Gasteiger partial charge in [-0.2, -0.15) is 0 Å². The van der Waals surface area contributed by atoms with Crippen LogP contribution in [-0.2, 0) is 11.3 Å². The van der Waals surface area contributed by atoms with Crippen molar-refractivity contribution in [1.29, 1.82) is 0 Å². The molecule has 2 aromatic carbocycles. The SMILES string of the molecule is COCCOc1cc(Br)ccc1Cn1c(-c2ccccc2)nc(Cl)c1C=O. The van der Waals surface area contributed by atoms with E-state index in [9.17, 15) is 4.79 Å². The highest BCUT2D eigenvalue weighted by Gasteiger charge is 2.18. The maximum absolute atomic E-state index is 11.6. The maximum Gasteiger partial charge on any atom is 0.169 e. The lowest BCUT2D eigenvalue weighted by molar-refractivity contribution is 0.111. The zero-order valence-corrected chi connectivity index (χ0v) is 17.0. The van der Waals surface area contributed by atoms with Crippen molar-refractivity contribution in [2.45, 2.75) is 6.54 Å². The molecule has 0 fully saturated rings. The first-order valence-electron chi connectivity index (χ1n) is 8.30. The summed E-state index contributed by atoms with van der Waals surface area (Å²) in [6.45, 7) is 1.31. The van der Waals surface area contributed by atoms with Gasteiger partial charge in [-0.05, 0) is 12.1 Å². The van der Waals surface area contributed by atoms with Gasteiger partial charge < -0.3 is 14.0 Å². The highest BCUT2D eigenvalue weighted by Crippen LogP contribution is 2.29. The summed E-state index contributed by atoms with van der Waals surface area (Å²) >= 11 is 9.68. The van der Waals surface area contributed by atoms with Crippen LogP contribution in [-0.4, -0.2) is 36.2 Å². The highest BCUT2D eigenvalue weighted by molar-refractivity contribution is 9.10. The van der Waals surface area contributed by atoms with Gasteiger partial charge in [0.2, 0.25) is 0 Å². The average Bonchev–Trinajstić information content (AvgIpc) is 3.00. The van der Waals surface area contributed by atoms with Crippen molar-refractivity contribution in [3.63, 3.8) is 0 Å². The van der Waals surface area contributed by atoms with Crippen molar-refractivity contribution >= 4 is 33.8 Å². The molecule has 0 bridgehead atoms. The predicted octanol–water partition coefficient (Wildman–Crippen LogP) is 4.85. The van der Waals surface area contributed by atoms with Crippen LogP contribution in [0.2, 0.25) is 5.15 Å². The minimum Gasteiger partial charge on any atom is -0.491 e. The lowest BCUT2D eigenvalue weighted by Gasteiger charge is -2.15. The van der Waals surface area contributed by atoms with Gasteiger partial charge in [-0.15, -0.1) is 0 Å². The van der Waals surface area contributed by atoms with E-state index in [4.69, 9.17) is 21.1 Å². The first kappa shape index (κ1) is 19.6. The van der Waals surface area contributed by atoms with Crippen LogP contribution in [0.15, 0.2) is 53.0 Å². The molecule has 0 N–H and O–H groups in total. The van der Waals surface area contributed by atoms with E-state index in [1.807, 2.05) is 48.5 Å². The van der Waals surface area contributed by atoms with Gasteiger partial charge >= 0.3 is 0 Å². The van der Waals surface area contributed by atoms with E-state index in [-0.39, 0.29) is 5.15 Å². The Kier molecular flexibility index (Phi) is 6.66. The van der Waals surface area contributed by atoms with Crippen molar-refractivity contribution in [3.8, 4) is 17.1 Å². The summed E-state index contributed by atoms with van der Waals surface area (Å²) in [4.78, 5) is 16.0. The van der Waals surface area contributed by atoms with Crippen molar-refractivity contribution in [1.82, 2.24) is 9.55 Å². The van der Waals surface area contributed by atoms with Gasteiger partial charge in [-0.3, -0.25) is 4.79 Å². The van der Waals surface area contributed by atoms with Crippen LogP contribution in [0.3, 0.4) is 0 Å². The Hall–Kier alpha value is -2.15. The summed E-state index contributed by atoms with van der Waals surface area (Å²) in [6.07, 6.45) is 0.728. The second kappa shape index (κ2) is 9.17. The third kappa shape index (κ3) is 4.58. The average molecular weight is 450 g/mol. The summed E-state index contributed by atoms with van der Waals surface area (Å²) in [5.74, 6) is 1.34. The molecule has 0 spiro atoms. The number of methoxy groups -OCH3 is 1. The summed E-state index contributed by atoms with van der Waals surface area (Å²) in [5.41, 5.74) is 2.12. The normalized spacial score (nSPS) is 10.8. The zero-order valence-electron chi connectivity index (χ0n) is 14.7. The number of aldehydes is 1. The first-order chi connectivity index (χ1) is 13.1. The molecule has 7 heteroatoms. The van der Waals surface area contributed by atoms with E-state index in [0.29, 0.717) is 37.0 Å². The van der Waals surface area contributed by atoms with Crippen molar-refractivity contribution in [3.05, 3.63) is 69.4 Å². The Morgan fingerprint density at radius 1 is 1.19 bits per heavy atom. The van der Waals surface area contributed by atoms with Crippen LogP contribution in [0.25, 0.3) is 11.4 Å². The fraction of sp³-hybridized carbons (Fsp3) is 0.200. The highest BCUT2D eigenvalue weighted by atomic mass is 79.9. The Bertz CT molecular complexity index is 928. The largest absolute Gasteiger partial charge is 0.491 e. The van der Waals surface area contributed by atoms with Gasteiger partial charge in [0.1, 0.15) is 23.9 Å². The van der Waals surface area contributed by atoms with E-state index < -0.39 is 0 Å². The molecule has 0 saturated carbocycles. The van der Waals surface area contributed by atoms with Gasteiger partial charge in [0, 0.05) is 22.7 Å². The van der Waals surface area contributed by atoms with E-state index in [2.05, 4.69) is 20.9 Å². The van der Waals surface area contributed by atoms with Crippen molar-refractivity contribution in [2.75, 3.05) is 20.3 Å². The number of aromatic nitrogens is 2. The molecule has 27 heavy (non-hydrogen) atoms. The minimum atomic E-state index is 0.183. The molecular formula is C20H18BrClN2O3. The van der Waals surface area contributed by atoms with Crippen LogP contribution in [0.4, 0.5) is 0 Å². The molecule has 1 heterocycles. The number of imidazole rings is 1. The number of ether oxygens (including phenoxy) is 2. The number of halogens is 2. The zero-order chi connectivity index (χ0) is 19.2. The maximum atomic E-state index is 11.6. The molecule has 140 valence electrons.